The third-order valence-electron chi connectivity index (χ3n) is 3.79. The molecule has 0 fully saturated rings. The molecule has 0 aromatic carbocycles. The molecule has 20 heavy (non-hydrogen) atoms. The van der Waals surface area contributed by atoms with Crippen molar-refractivity contribution in [2.45, 2.75) is 50.7 Å². The van der Waals surface area contributed by atoms with E-state index in [-0.39, 0.29) is 0 Å². The maximum atomic E-state index is 10.9. The predicted molar refractivity (Wildman–Crippen MR) is 80.3 cm³/mol. The highest BCUT2D eigenvalue weighted by atomic mass is 16.3. The van der Waals surface area contributed by atoms with Crippen molar-refractivity contribution < 1.29 is 10.2 Å². The smallest absolute Gasteiger partial charge is 0.0974 e. The number of unbranched alkanes of at least 4 members (excludes halogenated alkanes) is 1. The highest BCUT2D eigenvalue weighted by Crippen LogP contribution is 2.32. The Morgan fingerprint density at radius 3 is 2.95 bits per heavy atom. The van der Waals surface area contributed by atoms with Crippen molar-refractivity contribution in [2.24, 2.45) is 0 Å². The fraction of sp³-hybridized carbons (Fsp3) is 0.471. The molecule has 1 heterocycles. The van der Waals surface area contributed by atoms with E-state index in [1.54, 1.807) is 6.20 Å². The van der Waals surface area contributed by atoms with Gasteiger partial charge in [-0.1, -0.05) is 44.1 Å². The molecule has 3 heteroatoms. The zero-order valence-corrected chi connectivity index (χ0v) is 12.0. The second-order valence-corrected chi connectivity index (χ2v) is 5.44. The highest BCUT2D eigenvalue weighted by molar-refractivity contribution is 5.33. The van der Waals surface area contributed by atoms with E-state index < -0.39 is 11.7 Å². The molecule has 0 spiro atoms. The minimum atomic E-state index is -1.02. The number of hydrogen-bond acceptors (Lipinski definition) is 3. The lowest BCUT2D eigenvalue weighted by Gasteiger charge is -2.34. The van der Waals surface area contributed by atoms with Crippen LogP contribution in [0.3, 0.4) is 0 Å². The minimum Gasteiger partial charge on any atom is -0.389 e. The van der Waals surface area contributed by atoms with E-state index in [0.29, 0.717) is 19.3 Å². The first-order valence-corrected chi connectivity index (χ1v) is 7.33. The summed E-state index contributed by atoms with van der Waals surface area (Å²) in [5.74, 6) is 0. The van der Waals surface area contributed by atoms with Gasteiger partial charge < -0.3 is 10.2 Å². The molecule has 0 saturated carbocycles. The summed E-state index contributed by atoms with van der Waals surface area (Å²) in [6, 6.07) is 5.69. The lowest BCUT2D eigenvalue weighted by molar-refractivity contribution is 0.0460. The van der Waals surface area contributed by atoms with Gasteiger partial charge >= 0.3 is 0 Å². The third-order valence-corrected chi connectivity index (χ3v) is 3.79. The standard InChI is InChI=1S/C17H23NO2/c1-2-3-10-16(19)15-9-4-6-11-17(15,20)13-14-8-5-7-12-18-14/h4-9,12,16,19-20H,2-3,10-11,13H2,1H3. The van der Waals surface area contributed by atoms with Crippen molar-refractivity contribution in [2.75, 3.05) is 0 Å². The molecule has 2 rings (SSSR count). The molecule has 1 aromatic heterocycles. The number of aromatic nitrogens is 1. The molecular weight excluding hydrogens is 250 g/mol. The molecule has 1 aliphatic carbocycles. The van der Waals surface area contributed by atoms with Crippen LogP contribution in [0.15, 0.2) is 48.2 Å². The van der Waals surface area contributed by atoms with Gasteiger partial charge in [-0.2, -0.15) is 0 Å². The Morgan fingerprint density at radius 1 is 1.40 bits per heavy atom. The molecule has 0 radical (unpaired) electrons. The van der Waals surface area contributed by atoms with Crippen molar-refractivity contribution in [3.8, 4) is 0 Å². The van der Waals surface area contributed by atoms with Crippen molar-refractivity contribution in [1.82, 2.24) is 4.98 Å². The van der Waals surface area contributed by atoms with Gasteiger partial charge in [0, 0.05) is 18.3 Å². The van der Waals surface area contributed by atoms with Gasteiger partial charge in [0.1, 0.15) is 0 Å². The van der Waals surface area contributed by atoms with E-state index >= 15 is 0 Å². The van der Waals surface area contributed by atoms with Crippen LogP contribution in [0.25, 0.3) is 0 Å². The van der Waals surface area contributed by atoms with Gasteiger partial charge in [0.25, 0.3) is 0 Å². The Balaban J connectivity index is 2.15. The summed E-state index contributed by atoms with van der Waals surface area (Å²) in [6.07, 6.45) is 10.5. The second-order valence-electron chi connectivity index (χ2n) is 5.44. The van der Waals surface area contributed by atoms with Gasteiger partial charge in [-0.05, 0) is 30.5 Å². The summed E-state index contributed by atoms with van der Waals surface area (Å²) in [5, 5.41) is 21.3. The Bertz CT molecular complexity index is 481. The molecule has 2 N–H and O–H groups in total. The first-order valence-electron chi connectivity index (χ1n) is 7.33. The van der Waals surface area contributed by atoms with Crippen LogP contribution in [-0.2, 0) is 6.42 Å². The largest absolute Gasteiger partial charge is 0.389 e. The fourth-order valence-electron chi connectivity index (χ4n) is 2.66. The summed E-state index contributed by atoms with van der Waals surface area (Å²) in [5.41, 5.74) is 0.550. The number of aliphatic hydroxyl groups excluding tert-OH is 1. The molecule has 3 nitrogen and oxygen atoms in total. The van der Waals surface area contributed by atoms with Crippen molar-refractivity contribution >= 4 is 0 Å². The molecule has 2 unspecified atom stereocenters. The van der Waals surface area contributed by atoms with E-state index in [2.05, 4.69) is 11.9 Å². The Hall–Kier alpha value is -1.45. The van der Waals surface area contributed by atoms with Crippen LogP contribution in [0.2, 0.25) is 0 Å². The topological polar surface area (TPSA) is 53.4 Å². The van der Waals surface area contributed by atoms with Crippen molar-refractivity contribution in [3.05, 3.63) is 53.9 Å². The Labute approximate surface area is 120 Å². The number of aliphatic hydroxyl groups is 2. The van der Waals surface area contributed by atoms with E-state index in [9.17, 15) is 10.2 Å². The Morgan fingerprint density at radius 2 is 2.25 bits per heavy atom. The Kier molecular flexibility index (Phi) is 5.10. The minimum absolute atomic E-state index is 0.438. The number of nitrogens with zero attached hydrogens (tertiary/aromatic N) is 1. The number of hydrogen-bond donors (Lipinski definition) is 2. The maximum absolute atomic E-state index is 10.9. The van der Waals surface area contributed by atoms with Crippen LogP contribution in [0.4, 0.5) is 0 Å². The molecule has 0 bridgehead atoms. The summed E-state index contributed by atoms with van der Waals surface area (Å²) in [7, 11) is 0. The molecule has 0 saturated heterocycles. The first-order chi connectivity index (χ1) is 9.65. The normalized spacial score (nSPS) is 23.4. The number of allylic oxidation sites excluding steroid dienone is 2. The van der Waals surface area contributed by atoms with Gasteiger partial charge in [-0.25, -0.2) is 0 Å². The molecule has 0 aliphatic heterocycles. The van der Waals surface area contributed by atoms with Crippen LogP contribution < -0.4 is 0 Å². The van der Waals surface area contributed by atoms with Crippen LogP contribution >= 0.6 is 0 Å². The van der Waals surface area contributed by atoms with Crippen molar-refractivity contribution in [3.63, 3.8) is 0 Å². The van der Waals surface area contributed by atoms with Crippen LogP contribution in [0.1, 0.15) is 38.3 Å². The van der Waals surface area contributed by atoms with Gasteiger partial charge in [0.05, 0.1) is 11.7 Å². The highest BCUT2D eigenvalue weighted by Gasteiger charge is 2.35. The van der Waals surface area contributed by atoms with Gasteiger partial charge in [-0.15, -0.1) is 0 Å². The SMILES string of the molecule is CCCCC(O)C1=CC=CCC1(O)Cc1ccccn1. The predicted octanol–water partition coefficient (Wildman–Crippen LogP) is 2.79. The molecule has 1 aliphatic rings. The van der Waals surface area contributed by atoms with Gasteiger partial charge in [0.2, 0.25) is 0 Å². The monoisotopic (exact) mass is 273 g/mol. The zero-order chi connectivity index (χ0) is 14.4. The van der Waals surface area contributed by atoms with Gasteiger partial charge in [-0.3, -0.25) is 4.98 Å². The quantitative estimate of drug-likeness (QED) is 0.838. The van der Waals surface area contributed by atoms with E-state index in [1.807, 2.05) is 36.4 Å². The first kappa shape index (κ1) is 14.9. The average Bonchev–Trinajstić information content (AvgIpc) is 2.46. The number of rotatable bonds is 6. The lowest BCUT2D eigenvalue weighted by Crippen LogP contribution is -2.40. The van der Waals surface area contributed by atoms with Gasteiger partial charge in [0.15, 0.2) is 0 Å². The second kappa shape index (κ2) is 6.82. The van der Waals surface area contributed by atoms with E-state index in [0.717, 1.165) is 24.1 Å². The lowest BCUT2D eigenvalue weighted by atomic mass is 9.79. The summed E-state index contributed by atoms with van der Waals surface area (Å²) in [6.45, 7) is 2.10. The van der Waals surface area contributed by atoms with Crippen molar-refractivity contribution in [1.29, 1.82) is 0 Å². The van der Waals surface area contributed by atoms with E-state index in [1.165, 1.54) is 0 Å². The van der Waals surface area contributed by atoms with Crippen LogP contribution in [-0.4, -0.2) is 26.9 Å². The molecule has 108 valence electrons. The van der Waals surface area contributed by atoms with E-state index in [4.69, 9.17) is 0 Å². The zero-order valence-electron chi connectivity index (χ0n) is 12.0. The summed E-state index contributed by atoms with van der Waals surface area (Å²) >= 11 is 0. The molecule has 1 aromatic rings. The van der Waals surface area contributed by atoms with Crippen LogP contribution in [0.5, 0.6) is 0 Å². The molecule has 0 amide bonds. The molecular formula is C17H23NO2. The third kappa shape index (κ3) is 3.56. The maximum Gasteiger partial charge on any atom is 0.0974 e. The fourth-order valence-corrected chi connectivity index (χ4v) is 2.66. The number of pyridine rings is 1. The molecule has 2 atom stereocenters. The summed E-state index contributed by atoms with van der Waals surface area (Å²) < 4.78 is 0. The van der Waals surface area contributed by atoms with Crippen LogP contribution in [0, 0.1) is 0 Å². The summed E-state index contributed by atoms with van der Waals surface area (Å²) in [4.78, 5) is 4.28. The average molecular weight is 273 g/mol.